The third kappa shape index (κ3) is 1.37. The van der Waals surface area contributed by atoms with Gasteiger partial charge in [0.25, 0.3) is 0 Å². The Bertz CT molecular complexity index is 172. The third-order valence-corrected chi connectivity index (χ3v) is 1.52. The summed E-state index contributed by atoms with van der Waals surface area (Å²) in [6.07, 6.45) is 5.85. The molecule has 3 nitrogen and oxygen atoms in total. The Balaban J connectivity index is 2.67. The van der Waals surface area contributed by atoms with E-state index in [-0.39, 0.29) is 6.17 Å². The molecule has 1 aliphatic heterocycles. The van der Waals surface area contributed by atoms with Crippen molar-refractivity contribution < 1.29 is 0 Å². The number of hydrogen-bond donors (Lipinski definition) is 2. The van der Waals surface area contributed by atoms with Crippen molar-refractivity contribution >= 4 is 0 Å². The lowest BCUT2D eigenvalue weighted by atomic mass is 10.2. The van der Waals surface area contributed by atoms with E-state index in [4.69, 9.17) is 11.5 Å². The number of nitrogens with two attached hydrogens (primary N) is 2. The van der Waals surface area contributed by atoms with E-state index in [9.17, 15) is 0 Å². The summed E-state index contributed by atoms with van der Waals surface area (Å²) in [7, 11) is 0. The number of allylic oxidation sites excluding steroid dienone is 2. The molecule has 1 rings (SSSR count). The van der Waals surface area contributed by atoms with Crippen LogP contribution < -0.4 is 11.5 Å². The van der Waals surface area contributed by atoms with Gasteiger partial charge in [-0.1, -0.05) is 6.08 Å². The standard InChI is InChI=1S/C7H13N3/c1-6-2-3-7(9)10(4-6)5-8/h2-4,7H,5,8-9H2,1H3. The molecule has 0 aliphatic carbocycles. The van der Waals surface area contributed by atoms with E-state index >= 15 is 0 Å². The fourth-order valence-electron chi connectivity index (χ4n) is 0.926. The highest BCUT2D eigenvalue weighted by atomic mass is 15.2. The maximum atomic E-state index is 5.67. The normalized spacial score (nSPS) is 24.9. The molecule has 56 valence electrons. The topological polar surface area (TPSA) is 55.3 Å². The molecule has 0 spiro atoms. The van der Waals surface area contributed by atoms with Crippen LogP contribution in [0.15, 0.2) is 23.9 Å². The molecule has 0 saturated heterocycles. The molecule has 0 fully saturated rings. The average molecular weight is 139 g/mol. The van der Waals surface area contributed by atoms with Crippen molar-refractivity contribution in [3.05, 3.63) is 23.9 Å². The summed E-state index contributed by atoms with van der Waals surface area (Å²) in [5.41, 5.74) is 12.3. The van der Waals surface area contributed by atoms with E-state index in [0.29, 0.717) is 6.67 Å². The Morgan fingerprint density at radius 2 is 2.40 bits per heavy atom. The van der Waals surface area contributed by atoms with Crippen LogP contribution in [0.4, 0.5) is 0 Å². The summed E-state index contributed by atoms with van der Waals surface area (Å²) >= 11 is 0. The van der Waals surface area contributed by atoms with Gasteiger partial charge in [0.05, 0.1) is 12.8 Å². The lowest BCUT2D eigenvalue weighted by molar-refractivity contribution is 0.328. The SMILES string of the molecule is CC1=CN(CN)C(N)C=C1. The van der Waals surface area contributed by atoms with Crippen molar-refractivity contribution in [2.45, 2.75) is 13.1 Å². The molecule has 0 aromatic heterocycles. The van der Waals surface area contributed by atoms with Crippen LogP contribution in [-0.2, 0) is 0 Å². The molecule has 1 atom stereocenters. The molecule has 0 saturated carbocycles. The van der Waals surface area contributed by atoms with E-state index in [1.807, 2.05) is 30.2 Å². The van der Waals surface area contributed by atoms with Gasteiger partial charge in [0.2, 0.25) is 0 Å². The molecule has 0 aromatic rings. The van der Waals surface area contributed by atoms with E-state index in [0.717, 1.165) is 0 Å². The molecule has 0 bridgehead atoms. The molecular formula is C7H13N3. The Labute approximate surface area is 61.0 Å². The van der Waals surface area contributed by atoms with Gasteiger partial charge in [-0.05, 0) is 18.6 Å². The highest BCUT2D eigenvalue weighted by Gasteiger charge is 2.08. The minimum Gasteiger partial charge on any atom is -0.346 e. The first-order valence-electron chi connectivity index (χ1n) is 3.32. The number of hydrogen-bond acceptors (Lipinski definition) is 3. The van der Waals surface area contributed by atoms with Crippen LogP contribution in [0, 0.1) is 0 Å². The maximum absolute atomic E-state index is 5.67. The molecule has 10 heavy (non-hydrogen) atoms. The predicted octanol–water partition coefficient (Wildman–Crippen LogP) is -0.0370. The predicted molar refractivity (Wildman–Crippen MR) is 41.8 cm³/mol. The molecule has 3 heteroatoms. The molecule has 0 radical (unpaired) electrons. The van der Waals surface area contributed by atoms with Crippen molar-refractivity contribution in [1.82, 2.24) is 4.90 Å². The first kappa shape index (κ1) is 7.31. The average Bonchev–Trinajstić information content (AvgIpc) is 1.94. The second-order valence-corrected chi connectivity index (χ2v) is 2.42. The molecular weight excluding hydrogens is 126 g/mol. The van der Waals surface area contributed by atoms with Crippen LogP contribution in [0.3, 0.4) is 0 Å². The molecule has 0 aromatic carbocycles. The second kappa shape index (κ2) is 2.86. The fraction of sp³-hybridized carbons (Fsp3) is 0.429. The fourth-order valence-corrected chi connectivity index (χ4v) is 0.926. The van der Waals surface area contributed by atoms with Gasteiger partial charge in [-0.15, -0.1) is 0 Å². The zero-order chi connectivity index (χ0) is 7.56. The van der Waals surface area contributed by atoms with E-state index in [1.165, 1.54) is 5.57 Å². The van der Waals surface area contributed by atoms with Gasteiger partial charge in [0, 0.05) is 6.20 Å². The zero-order valence-electron chi connectivity index (χ0n) is 6.12. The highest BCUT2D eigenvalue weighted by Crippen LogP contribution is 2.07. The molecule has 1 aliphatic rings. The van der Waals surface area contributed by atoms with Gasteiger partial charge < -0.3 is 16.4 Å². The number of rotatable bonds is 1. The maximum Gasteiger partial charge on any atom is 0.0971 e. The Morgan fingerprint density at radius 3 is 2.90 bits per heavy atom. The first-order chi connectivity index (χ1) is 4.74. The molecule has 1 heterocycles. The van der Waals surface area contributed by atoms with Crippen molar-refractivity contribution in [3.8, 4) is 0 Å². The van der Waals surface area contributed by atoms with Crippen LogP contribution in [0.25, 0.3) is 0 Å². The lowest BCUT2D eigenvalue weighted by Gasteiger charge is -2.26. The van der Waals surface area contributed by atoms with Crippen LogP contribution in [0.1, 0.15) is 6.92 Å². The van der Waals surface area contributed by atoms with Crippen molar-refractivity contribution in [2.24, 2.45) is 11.5 Å². The van der Waals surface area contributed by atoms with Crippen molar-refractivity contribution in [3.63, 3.8) is 0 Å². The summed E-state index contributed by atoms with van der Waals surface area (Å²) in [4.78, 5) is 1.88. The largest absolute Gasteiger partial charge is 0.346 e. The number of nitrogens with zero attached hydrogens (tertiary/aromatic N) is 1. The zero-order valence-corrected chi connectivity index (χ0v) is 6.12. The van der Waals surface area contributed by atoms with Gasteiger partial charge in [0.15, 0.2) is 0 Å². The Morgan fingerprint density at radius 1 is 1.70 bits per heavy atom. The second-order valence-electron chi connectivity index (χ2n) is 2.42. The smallest absolute Gasteiger partial charge is 0.0971 e. The first-order valence-corrected chi connectivity index (χ1v) is 3.32. The summed E-state index contributed by atoms with van der Waals surface area (Å²) in [5.74, 6) is 0. The summed E-state index contributed by atoms with van der Waals surface area (Å²) in [6, 6.07) is 0. The van der Waals surface area contributed by atoms with Gasteiger partial charge >= 0.3 is 0 Å². The third-order valence-electron chi connectivity index (χ3n) is 1.52. The minimum atomic E-state index is -0.0475. The van der Waals surface area contributed by atoms with Gasteiger partial charge in [-0.25, -0.2) is 0 Å². The Kier molecular flexibility index (Phi) is 2.09. The lowest BCUT2D eigenvalue weighted by Crippen LogP contribution is -2.41. The van der Waals surface area contributed by atoms with E-state index in [2.05, 4.69) is 0 Å². The Hall–Kier alpha value is -0.800. The molecule has 4 N–H and O–H groups in total. The van der Waals surface area contributed by atoms with Crippen LogP contribution in [0.5, 0.6) is 0 Å². The minimum absolute atomic E-state index is 0.0475. The van der Waals surface area contributed by atoms with E-state index in [1.54, 1.807) is 0 Å². The van der Waals surface area contributed by atoms with Gasteiger partial charge in [0.1, 0.15) is 0 Å². The highest BCUT2D eigenvalue weighted by molar-refractivity contribution is 5.21. The molecule has 1 unspecified atom stereocenters. The van der Waals surface area contributed by atoms with Crippen LogP contribution in [0.2, 0.25) is 0 Å². The van der Waals surface area contributed by atoms with Crippen LogP contribution >= 0.6 is 0 Å². The summed E-state index contributed by atoms with van der Waals surface area (Å²) in [6.45, 7) is 2.49. The van der Waals surface area contributed by atoms with Gasteiger partial charge in [-0.3, -0.25) is 0 Å². The van der Waals surface area contributed by atoms with Crippen molar-refractivity contribution in [2.75, 3.05) is 6.67 Å². The van der Waals surface area contributed by atoms with Crippen molar-refractivity contribution in [1.29, 1.82) is 0 Å². The monoisotopic (exact) mass is 139 g/mol. The molecule has 0 amide bonds. The van der Waals surface area contributed by atoms with E-state index < -0.39 is 0 Å². The summed E-state index contributed by atoms with van der Waals surface area (Å²) in [5, 5.41) is 0. The van der Waals surface area contributed by atoms with Crippen LogP contribution in [-0.4, -0.2) is 17.7 Å². The quantitative estimate of drug-likeness (QED) is 0.536. The van der Waals surface area contributed by atoms with Gasteiger partial charge in [-0.2, -0.15) is 0 Å². The summed E-state index contributed by atoms with van der Waals surface area (Å²) < 4.78 is 0.